The number of nitrogens with one attached hydrogen (secondary N) is 2. The van der Waals surface area contributed by atoms with E-state index in [0.717, 1.165) is 6.42 Å². The molecule has 0 bridgehead atoms. The van der Waals surface area contributed by atoms with Gasteiger partial charge < -0.3 is 15.7 Å². The lowest BCUT2D eigenvalue weighted by atomic mass is 10.2. The Bertz CT molecular complexity index is 501. The Morgan fingerprint density at radius 1 is 1.42 bits per heavy atom. The summed E-state index contributed by atoms with van der Waals surface area (Å²) >= 11 is 3.25. The number of hydrogen-bond donors (Lipinski definition) is 3. The standard InChI is InChI=1S/C13H15BrN2O3/c1-2-3-4-7-15-13(19)16-11-8-9(12(17)18)5-6-10(11)14/h2-3,5-6,8H,4,7H2,1H3,(H,17,18)(H2,15,16,19)/b3-2+. The van der Waals surface area contributed by atoms with Gasteiger partial charge in [0.05, 0.1) is 11.3 Å². The molecule has 0 aliphatic heterocycles. The maximum Gasteiger partial charge on any atom is 0.335 e. The molecule has 0 aliphatic rings. The molecule has 0 aromatic heterocycles. The Kier molecular flexibility index (Phi) is 6.08. The number of carbonyl (C=O) groups is 2. The first-order valence-electron chi connectivity index (χ1n) is 5.73. The van der Waals surface area contributed by atoms with Gasteiger partial charge in [0.15, 0.2) is 0 Å². The number of urea groups is 1. The lowest BCUT2D eigenvalue weighted by Gasteiger charge is -2.09. The molecule has 0 fully saturated rings. The molecular formula is C13H15BrN2O3. The van der Waals surface area contributed by atoms with Crippen LogP contribution in [0.5, 0.6) is 0 Å². The summed E-state index contributed by atoms with van der Waals surface area (Å²) in [4.78, 5) is 22.4. The topological polar surface area (TPSA) is 78.4 Å². The molecular weight excluding hydrogens is 312 g/mol. The summed E-state index contributed by atoms with van der Waals surface area (Å²) in [6, 6.07) is 4.07. The molecule has 0 radical (unpaired) electrons. The number of allylic oxidation sites excluding steroid dienone is 1. The zero-order chi connectivity index (χ0) is 14.3. The van der Waals surface area contributed by atoms with Crippen LogP contribution in [-0.2, 0) is 0 Å². The normalized spacial score (nSPS) is 10.4. The van der Waals surface area contributed by atoms with Gasteiger partial charge >= 0.3 is 12.0 Å². The SMILES string of the molecule is C/C=C/CCNC(=O)Nc1cc(C(=O)O)ccc1Br. The van der Waals surface area contributed by atoms with E-state index in [0.29, 0.717) is 16.7 Å². The highest BCUT2D eigenvalue weighted by Crippen LogP contribution is 2.23. The largest absolute Gasteiger partial charge is 0.478 e. The zero-order valence-electron chi connectivity index (χ0n) is 10.4. The van der Waals surface area contributed by atoms with Crippen LogP contribution in [0.3, 0.4) is 0 Å². The predicted molar refractivity (Wildman–Crippen MR) is 77.6 cm³/mol. The maximum absolute atomic E-state index is 11.6. The van der Waals surface area contributed by atoms with Gasteiger partial charge in [-0.2, -0.15) is 0 Å². The molecule has 1 aromatic rings. The molecule has 0 atom stereocenters. The number of anilines is 1. The molecule has 0 aliphatic carbocycles. The number of amides is 2. The molecule has 0 spiro atoms. The van der Waals surface area contributed by atoms with Gasteiger partial charge in [0, 0.05) is 11.0 Å². The van der Waals surface area contributed by atoms with E-state index in [1.54, 1.807) is 6.07 Å². The molecule has 2 amide bonds. The van der Waals surface area contributed by atoms with Gasteiger partial charge in [-0.25, -0.2) is 9.59 Å². The van der Waals surface area contributed by atoms with Crippen LogP contribution >= 0.6 is 15.9 Å². The van der Waals surface area contributed by atoms with E-state index in [-0.39, 0.29) is 11.6 Å². The molecule has 1 rings (SSSR count). The Labute approximate surface area is 119 Å². The van der Waals surface area contributed by atoms with Crippen LogP contribution in [0.4, 0.5) is 10.5 Å². The van der Waals surface area contributed by atoms with Crippen molar-refractivity contribution in [1.82, 2.24) is 5.32 Å². The molecule has 0 heterocycles. The van der Waals surface area contributed by atoms with E-state index in [1.165, 1.54) is 12.1 Å². The van der Waals surface area contributed by atoms with Gasteiger partial charge in [-0.1, -0.05) is 12.2 Å². The predicted octanol–water partition coefficient (Wildman–Crippen LogP) is 3.24. The first-order valence-corrected chi connectivity index (χ1v) is 6.52. The second-order valence-corrected chi connectivity index (χ2v) is 4.59. The van der Waals surface area contributed by atoms with Crippen molar-refractivity contribution in [2.75, 3.05) is 11.9 Å². The summed E-state index contributed by atoms with van der Waals surface area (Å²) in [6.07, 6.45) is 4.61. The fraction of sp³-hybridized carbons (Fsp3) is 0.231. The lowest BCUT2D eigenvalue weighted by Crippen LogP contribution is -2.29. The average Bonchev–Trinajstić information content (AvgIpc) is 2.37. The Morgan fingerprint density at radius 3 is 2.79 bits per heavy atom. The molecule has 6 heteroatoms. The molecule has 0 saturated heterocycles. The summed E-state index contributed by atoms with van der Waals surface area (Å²) in [6.45, 7) is 2.43. The first-order chi connectivity index (χ1) is 9.04. The summed E-state index contributed by atoms with van der Waals surface area (Å²) in [5.41, 5.74) is 0.538. The van der Waals surface area contributed by atoms with Crippen molar-refractivity contribution in [1.29, 1.82) is 0 Å². The number of rotatable bonds is 5. The van der Waals surface area contributed by atoms with Crippen molar-refractivity contribution in [3.63, 3.8) is 0 Å². The number of carbonyl (C=O) groups excluding carboxylic acids is 1. The maximum atomic E-state index is 11.6. The second-order valence-electron chi connectivity index (χ2n) is 3.74. The van der Waals surface area contributed by atoms with Gasteiger partial charge in [-0.3, -0.25) is 0 Å². The van der Waals surface area contributed by atoms with E-state index >= 15 is 0 Å². The van der Waals surface area contributed by atoms with Gasteiger partial charge in [0.1, 0.15) is 0 Å². The zero-order valence-corrected chi connectivity index (χ0v) is 12.0. The van der Waals surface area contributed by atoms with E-state index in [2.05, 4.69) is 26.6 Å². The van der Waals surface area contributed by atoms with Crippen molar-refractivity contribution >= 4 is 33.6 Å². The van der Waals surface area contributed by atoms with Crippen molar-refractivity contribution in [3.8, 4) is 0 Å². The average molecular weight is 327 g/mol. The fourth-order valence-electron chi connectivity index (χ4n) is 1.36. The Hall–Kier alpha value is -1.82. The number of carboxylic acid groups (broad SMARTS) is 1. The summed E-state index contributed by atoms with van der Waals surface area (Å²) in [5.74, 6) is -1.04. The van der Waals surface area contributed by atoms with Crippen molar-refractivity contribution < 1.29 is 14.7 Å². The van der Waals surface area contributed by atoms with Gasteiger partial charge in [-0.05, 0) is 47.5 Å². The number of halogens is 1. The molecule has 3 N–H and O–H groups in total. The van der Waals surface area contributed by atoms with Crippen LogP contribution in [0, 0.1) is 0 Å². The van der Waals surface area contributed by atoms with E-state index in [1.807, 2.05) is 19.1 Å². The Balaban J connectivity index is 2.63. The van der Waals surface area contributed by atoms with Crippen LogP contribution in [0.2, 0.25) is 0 Å². The highest BCUT2D eigenvalue weighted by atomic mass is 79.9. The monoisotopic (exact) mass is 326 g/mol. The molecule has 0 unspecified atom stereocenters. The first kappa shape index (κ1) is 15.2. The molecule has 102 valence electrons. The number of hydrogen-bond acceptors (Lipinski definition) is 2. The highest BCUT2D eigenvalue weighted by molar-refractivity contribution is 9.10. The lowest BCUT2D eigenvalue weighted by molar-refractivity contribution is 0.0697. The minimum absolute atomic E-state index is 0.118. The smallest absolute Gasteiger partial charge is 0.335 e. The molecule has 5 nitrogen and oxygen atoms in total. The quantitative estimate of drug-likeness (QED) is 0.574. The Morgan fingerprint density at radius 2 is 2.16 bits per heavy atom. The number of benzene rings is 1. The van der Waals surface area contributed by atoms with Crippen LogP contribution < -0.4 is 10.6 Å². The number of aromatic carboxylic acids is 1. The third kappa shape index (κ3) is 5.13. The molecule has 0 saturated carbocycles. The third-order valence-electron chi connectivity index (χ3n) is 2.29. The van der Waals surface area contributed by atoms with Crippen molar-refractivity contribution in [3.05, 3.63) is 40.4 Å². The van der Waals surface area contributed by atoms with E-state index < -0.39 is 5.97 Å². The van der Waals surface area contributed by atoms with Gasteiger partial charge in [0.25, 0.3) is 0 Å². The number of carboxylic acids is 1. The van der Waals surface area contributed by atoms with Crippen molar-refractivity contribution in [2.45, 2.75) is 13.3 Å². The second kappa shape index (κ2) is 7.58. The fourth-order valence-corrected chi connectivity index (χ4v) is 1.70. The van der Waals surface area contributed by atoms with E-state index in [9.17, 15) is 9.59 Å². The molecule has 19 heavy (non-hydrogen) atoms. The third-order valence-corrected chi connectivity index (χ3v) is 2.99. The summed E-state index contributed by atoms with van der Waals surface area (Å²) in [7, 11) is 0. The minimum atomic E-state index is -1.04. The van der Waals surface area contributed by atoms with E-state index in [4.69, 9.17) is 5.11 Å². The van der Waals surface area contributed by atoms with Crippen LogP contribution in [0.1, 0.15) is 23.7 Å². The summed E-state index contributed by atoms with van der Waals surface area (Å²) < 4.78 is 0.626. The van der Waals surface area contributed by atoms with Gasteiger partial charge in [-0.15, -0.1) is 0 Å². The summed E-state index contributed by atoms with van der Waals surface area (Å²) in [5, 5.41) is 14.2. The molecule has 1 aromatic carbocycles. The van der Waals surface area contributed by atoms with Crippen LogP contribution in [0.15, 0.2) is 34.8 Å². The van der Waals surface area contributed by atoms with Crippen LogP contribution in [-0.4, -0.2) is 23.7 Å². The van der Waals surface area contributed by atoms with Gasteiger partial charge in [0.2, 0.25) is 0 Å². The highest BCUT2D eigenvalue weighted by Gasteiger charge is 2.09. The van der Waals surface area contributed by atoms with Crippen LogP contribution in [0.25, 0.3) is 0 Å². The van der Waals surface area contributed by atoms with Crippen molar-refractivity contribution in [2.24, 2.45) is 0 Å². The minimum Gasteiger partial charge on any atom is -0.478 e.